The molecule has 0 aliphatic carbocycles. The normalized spacial score (nSPS) is 10.4. The second-order valence-corrected chi connectivity index (χ2v) is 4.48. The van der Waals surface area contributed by atoms with E-state index in [0.29, 0.717) is 12.0 Å². The van der Waals surface area contributed by atoms with Gasteiger partial charge >= 0.3 is 0 Å². The molecule has 0 spiro atoms. The number of hydrogen-bond donors (Lipinski definition) is 0. The molecule has 1 heterocycles. The summed E-state index contributed by atoms with van der Waals surface area (Å²) in [5.41, 5.74) is 3.41. The summed E-state index contributed by atoms with van der Waals surface area (Å²) in [7, 11) is 1.61. The number of rotatable bonds is 3. The maximum atomic E-state index is 8.98. The SMILES string of the molecule is COn1c(Cc2ccccc2)nc2ccc(C#N)cc21. The van der Waals surface area contributed by atoms with Crippen molar-refractivity contribution in [2.45, 2.75) is 6.42 Å². The van der Waals surface area contributed by atoms with Crippen LogP contribution in [0.3, 0.4) is 0 Å². The predicted molar refractivity (Wildman–Crippen MR) is 76.2 cm³/mol. The molecule has 3 rings (SSSR count). The summed E-state index contributed by atoms with van der Waals surface area (Å²) < 4.78 is 1.68. The third kappa shape index (κ3) is 2.10. The van der Waals surface area contributed by atoms with Crippen LogP contribution < -0.4 is 4.84 Å². The Morgan fingerprint density at radius 2 is 2.00 bits per heavy atom. The average molecular weight is 263 g/mol. The van der Waals surface area contributed by atoms with Crippen molar-refractivity contribution in [2.75, 3.05) is 7.11 Å². The first-order chi connectivity index (χ1) is 9.81. The lowest BCUT2D eigenvalue weighted by Crippen LogP contribution is -2.10. The summed E-state index contributed by atoms with van der Waals surface area (Å²) in [4.78, 5) is 10.00. The van der Waals surface area contributed by atoms with Crippen molar-refractivity contribution in [3.63, 3.8) is 0 Å². The van der Waals surface area contributed by atoms with Crippen molar-refractivity contribution in [1.29, 1.82) is 5.26 Å². The van der Waals surface area contributed by atoms with Crippen LogP contribution in [0.2, 0.25) is 0 Å². The van der Waals surface area contributed by atoms with E-state index >= 15 is 0 Å². The molecule has 0 bridgehead atoms. The maximum Gasteiger partial charge on any atom is 0.150 e. The van der Waals surface area contributed by atoms with Crippen molar-refractivity contribution in [3.8, 4) is 6.07 Å². The second kappa shape index (κ2) is 5.06. The minimum absolute atomic E-state index is 0.599. The minimum atomic E-state index is 0.599. The zero-order valence-electron chi connectivity index (χ0n) is 11.1. The summed E-state index contributed by atoms with van der Waals surface area (Å²) in [5, 5.41) is 8.98. The molecule has 0 radical (unpaired) electrons. The molecule has 4 nitrogen and oxygen atoms in total. The van der Waals surface area contributed by atoms with Crippen molar-refractivity contribution < 1.29 is 4.84 Å². The van der Waals surface area contributed by atoms with E-state index in [-0.39, 0.29) is 0 Å². The molecule has 0 aliphatic heterocycles. The van der Waals surface area contributed by atoms with Gasteiger partial charge < -0.3 is 4.84 Å². The van der Waals surface area contributed by atoms with Crippen LogP contribution in [-0.4, -0.2) is 16.8 Å². The third-order valence-electron chi connectivity index (χ3n) is 3.19. The molecule has 1 aromatic heterocycles. The van der Waals surface area contributed by atoms with Crippen LogP contribution in [0.5, 0.6) is 0 Å². The van der Waals surface area contributed by atoms with Crippen LogP contribution in [-0.2, 0) is 6.42 Å². The summed E-state index contributed by atoms with van der Waals surface area (Å²) in [6.07, 6.45) is 0.686. The molecule has 98 valence electrons. The van der Waals surface area contributed by atoms with Crippen molar-refractivity contribution >= 4 is 11.0 Å². The third-order valence-corrected chi connectivity index (χ3v) is 3.19. The highest BCUT2D eigenvalue weighted by Crippen LogP contribution is 2.18. The molecular formula is C16H13N3O. The minimum Gasteiger partial charge on any atom is -0.415 e. The molecule has 0 fully saturated rings. The van der Waals surface area contributed by atoms with Gasteiger partial charge in [0.15, 0.2) is 5.82 Å². The average Bonchev–Trinajstić information content (AvgIpc) is 2.84. The zero-order chi connectivity index (χ0) is 13.9. The summed E-state index contributed by atoms with van der Waals surface area (Å²) >= 11 is 0. The topological polar surface area (TPSA) is 50.8 Å². The fraction of sp³-hybridized carbons (Fsp3) is 0.125. The number of imidazole rings is 1. The number of aromatic nitrogens is 2. The summed E-state index contributed by atoms with van der Waals surface area (Å²) in [5.74, 6) is 0.823. The highest BCUT2D eigenvalue weighted by atomic mass is 16.6. The highest BCUT2D eigenvalue weighted by Gasteiger charge is 2.12. The van der Waals surface area contributed by atoms with E-state index in [2.05, 4.69) is 23.2 Å². The summed E-state index contributed by atoms with van der Waals surface area (Å²) in [6, 6.07) is 17.6. The van der Waals surface area contributed by atoms with Crippen LogP contribution in [0.15, 0.2) is 48.5 Å². The van der Waals surface area contributed by atoms with Gasteiger partial charge in [-0.25, -0.2) is 4.98 Å². The number of nitriles is 1. The Labute approximate surface area is 116 Å². The molecular weight excluding hydrogens is 250 g/mol. The first kappa shape index (κ1) is 12.2. The van der Waals surface area contributed by atoms with E-state index in [1.807, 2.05) is 24.3 Å². The first-order valence-corrected chi connectivity index (χ1v) is 6.31. The Hall–Kier alpha value is -2.80. The Balaban J connectivity index is 2.09. The zero-order valence-corrected chi connectivity index (χ0v) is 11.1. The molecule has 20 heavy (non-hydrogen) atoms. The van der Waals surface area contributed by atoms with E-state index < -0.39 is 0 Å². The molecule has 0 saturated heterocycles. The van der Waals surface area contributed by atoms with E-state index in [1.165, 1.54) is 5.56 Å². The van der Waals surface area contributed by atoms with Gasteiger partial charge in [0.05, 0.1) is 17.1 Å². The van der Waals surface area contributed by atoms with Crippen LogP contribution in [0, 0.1) is 11.3 Å². The Bertz CT molecular complexity index is 785. The molecule has 0 aliphatic rings. The fourth-order valence-electron chi connectivity index (χ4n) is 2.27. The standard InChI is InChI=1S/C16H13N3O/c1-20-19-15-9-13(11-17)7-8-14(15)18-16(19)10-12-5-3-2-4-6-12/h2-9H,10H2,1H3. The number of nitrogens with zero attached hydrogens (tertiary/aromatic N) is 3. The maximum absolute atomic E-state index is 8.98. The lowest BCUT2D eigenvalue weighted by atomic mass is 10.1. The molecule has 0 N–H and O–H groups in total. The van der Waals surface area contributed by atoms with Crippen molar-refractivity contribution in [3.05, 3.63) is 65.5 Å². The molecule has 4 heteroatoms. The van der Waals surface area contributed by atoms with Crippen LogP contribution in [0.4, 0.5) is 0 Å². The Morgan fingerprint density at radius 3 is 2.70 bits per heavy atom. The van der Waals surface area contributed by atoms with Crippen LogP contribution in [0.1, 0.15) is 17.0 Å². The van der Waals surface area contributed by atoms with E-state index in [0.717, 1.165) is 16.9 Å². The molecule has 0 atom stereocenters. The monoisotopic (exact) mass is 263 g/mol. The lowest BCUT2D eigenvalue weighted by Gasteiger charge is -2.06. The number of benzene rings is 2. The number of hydrogen-bond acceptors (Lipinski definition) is 3. The van der Waals surface area contributed by atoms with Crippen LogP contribution >= 0.6 is 0 Å². The summed E-state index contributed by atoms with van der Waals surface area (Å²) in [6.45, 7) is 0. The van der Waals surface area contributed by atoms with E-state index in [1.54, 1.807) is 24.0 Å². The second-order valence-electron chi connectivity index (χ2n) is 4.48. The number of fused-ring (bicyclic) bond motifs is 1. The van der Waals surface area contributed by atoms with Gasteiger partial charge in [-0.15, -0.1) is 0 Å². The van der Waals surface area contributed by atoms with Gasteiger partial charge in [0.25, 0.3) is 0 Å². The van der Waals surface area contributed by atoms with Gasteiger partial charge in [0.2, 0.25) is 0 Å². The Kier molecular flexibility index (Phi) is 3.10. The van der Waals surface area contributed by atoms with Gasteiger partial charge in [-0.3, -0.25) is 0 Å². The van der Waals surface area contributed by atoms with Gasteiger partial charge in [0, 0.05) is 6.42 Å². The van der Waals surface area contributed by atoms with Crippen molar-refractivity contribution in [1.82, 2.24) is 9.71 Å². The largest absolute Gasteiger partial charge is 0.415 e. The first-order valence-electron chi connectivity index (χ1n) is 6.31. The lowest BCUT2D eigenvalue weighted by molar-refractivity contribution is 0.169. The van der Waals surface area contributed by atoms with Gasteiger partial charge in [-0.1, -0.05) is 30.3 Å². The van der Waals surface area contributed by atoms with E-state index in [4.69, 9.17) is 10.1 Å². The fourth-order valence-corrected chi connectivity index (χ4v) is 2.27. The highest BCUT2D eigenvalue weighted by molar-refractivity contribution is 5.77. The smallest absolute Gasteiger partial charge is 0.150 e. The predicted octanol–water partition coefficient (Wildman–Crippen LogP) is 2.56. The van der Waals surface area contributed by atoms with Gasteiger partial charge in [-0.2, -0.15) is 9.99 Å². The molecule has 0 saturated carbocycles. The molecule has 2 aromatic carbocycles. The van der Waals surface area contributed by atoms with E-state index in [9.17, 15) is 0 Å². The molecule has 0 amide bonds. The molecule has 3 aromatic rings. The van der Waals surface area contributed by atoms with Crippen molar-refractivity contribution in [2.24, 2.45) is 0 Å². The quantitative estimate of drug-likeness (QED) is 0.729. The Morgan fingerprint density at radius 1 is 1.20 bits per heavy atom. The van der Waals surface area contributed by atoms with Crippen LogP contribution in [0.25, 0.3) is 11.0 Å². The van der Waals surface area contributed by atoms with Gasteiger partial charge in [-0.05, 0) is 23.8 Å². The molecule has 0 unspecified atom stereocenters. The van der Waals surface area contributed by atoms with Gasteiger partial charge in [0.1, 0.15) is 12.6 Å².